The summed E-state index contributed by atoms with van der Waals surface area (Å²) in [5.74, 6) is 0.214. The van der Waals surface area contributed by atoms with Crippen molar-refractivity contribution in [3.05, 3.63) is 57.0 Å². The molecular weight excluding hydrogens is 342 g/mol. The van der Waals surface area contributed by atoms with Crippen LogP contribution in [0.25, 0.3) is 0 Å². The van der Waals surface area contributed by atoms with Gasteiger partial charge in [0.15, 0.2) is 6.61 Å². The van der Waals surface area contributed by atoms with E-state index in [9.17, 15) is 14.9 Å². The number of nitrogens with one attached hydrogen (secondary N) is 1. The minimum Gasteiger partial charge on any atom is -0.484 e. The van der Waals surface area contributed by atoms with Crippen molar-refractivity contribution in [1.82, 2.24) is 5.43 Å². The molecule has 25 heavy (non-hydrogen) atoms. The summed E-state index contributed by atoms with van der Waals surface area (Å²) >= 11 is 0.979. The summed E-state index contributed by atoms with van der Waals surface area (Å²) in [5.41, 5.74) is 3.57. The van der Waals surface area contributed by atoms with Crippen molar-refractivity contribution in [2.75, 3.05) is 6.61 Å². The Labute approximate surface area is 149 Å². The summed E-state index contributed by atoms with van der Waals surface area (Å²) in [6, 6.07) is 10.6. The van der Waals surface area contributed by atoms with Crippen molar-refractivity contribution in [2.45, 2.75) is 26.2 Å². The third-order valence-corrected chi connectivity index (χ3v) is 4.26. The van der Waals surface area contributed by atoms with Gasteiger partial charge in [0, 0.05) is 6.07 Å². The van der Waals surface area contributed by atoms with Crippen molar-refractivity contribution in [3.63, 3.8) is 0 Å². The van der Waals surface area contributed by atoms with E-state index in [1.807, 2.05) is 24.3 Å². The van der Waals surface area contributed by atoms with Crippen LogP contribution < -0.4 is 10.2 Å². The number of nitrogens with zero attached hydrogens (tertiary/aromatic N) is 2. The summed E-state index contributed by atoms with van der Waals surface area (Å²) in [4.78, 5) is 22.4. The summed E-state index contributed by atoms with van der Waals surface area (Å²) in [7, 11) is 0. The van der Waals surface area contributed by atoms with Gasteiger partial charge < -0.3 is 4.74 Å². The highest BCUT2D eigenvalue weighted by molar-refractivity contribution is 7.16. The number of hydrazone groups is 1. The summed E-state index contributed by atoms with van der Waals surface area (Å²) < 4.78 is 5.39. The molecule has 132 valence electrons. The Morgan fingerprint density at radius 2 is 2.08 bits per heavy atom. The van der Waals surface area contributed by atoms with Crippen LogP contribution in [0.15, 0.2) is 41.5 Å². The molecule has 0 saturated carbocycles. The van der Waals surface area contributed by atoms with E-state index in [0.29, 0.717) is 10.6 Å². The summed E-state index contributed by atoms with van der Waals surface area (Å²) in [5, 5.41) is 14.4. The fourth-order valence-corrected chi connectivity index (χ4v) is 2.69. The number of rotatable bonds is 9. The molecule has 1 aromatic heterocycles. The van der Waals surface area contributed by atoms with Crippen molar-refractivity contribution in [1.29, 1.82) is 0 Å². The maximum absolute atomic E-state index is 11.7. The summed E-state index contributed by atoms with van der Waals surface area (Å²) in [6.07, 6.45) is 4.69. The zero-order valence-corrected chi connectivity index (χ0v) is 14.6. The molecule has 2 rings (SSSR count). The van der Waals surface area contributed by atoms with Crippen molar-refractivity contribution >= 4 is 28.5 Å². The Balaban J connectivity index is 1.74. The number of carbonyl (C=O) groups excluding carboxylic acids is 1. The zero-order chi connectivity index (χ0) is 18.1. The molecule has 0 aliphatic carbocycles. The highest BCUT2D eigenvalue weighted by atomic mass is 32.1. The predicted octanol–water partition coefficient (Wildman–Crippen LogP) is 3.53. The van der Waals surface area contributed by atoms with E-state index in [2.05, 4.69) is 17.5 Å². The highest BCUT2D eigenvalue weighted by Gasteiger charge is 2.08. The van der Waals surface area contributed by atoms with Gasteiger partial charge in [-0.05, 0) is 36.6 Å². The number of benzene rings is 1. The number of ether oxygens (including phenoxy) is 1. The number of amides is 1. The third kappa shape index (κ3) is 6.34. The Morgan fingerprint density at radius 3 is 2.72 bits per heavy atom. The molecule has 0 aliphatic rings. The number of nitro groups is 1. The molecule has 7 nitrogen and oxygen atoms in total. The number of aryl methyl sites for hydroxylation is 1. The molecule has 0 spiro atoms. The minimum atomic E-state index is -0.470. The average molecular weight is 361 g/mol. The Kier molecular flexibility index (Phi) is 7.09. The molecule has 1 amide bonds. The molecule has 0 unspecified atom stereocenters. The Hall–Kier alpha value is -2.74. The first-order chi connectivity index (χ1) is 12.1. The lowest BCUT2D eigenvalue weighted by atomic mass is 10.1. The molecule has 0 saturated heterocycles. The molecule has 1 N–H and O–H groups in total. The van der Waals surface area contributed by atoms with E-state index in [4.69, 9.17) is 4.74 Å². The van der Waals surface area contributed by atoms with Gasteiger partial charge in [0.25, 0.3) is 5.91 Å². The minimum absolute atomic E-state index is 0.0264. The first-order valence-corrected chi connectivity index (χ1v) is 8.68. The van der Waals surface area contributed by atoms with E-state index >= 15 is 0 Å². The van der Waals surface area contributed by atoms with Gasteiger partial charge in [-0.1, -0.05) is 36.8 Å². The van der Waals surface area contributed by atoms with Crippen LogP contribution in [0.5, 0.6) is 5.75 Å². The number of thiophene rings is 1. The van der Waals surface area contributed by atoms with Gasteiger partial charge >= 0.3 is 5.00 Å². The van der Waals surface area contributed by atoms with Crippen LogP contribution in [0, 0.1) is 10.1 Å². The molecule has 0 atom stereocenters. The standard InChI is InChI=1S/C17H19N3O4S/c1-2-3-4-13-5-7-14(8-6-13)24-12-16(21)19-18-11-15-9-10-17(25-15)20(22)23/h5-11H,2-4,12H2,1H3,(H,19,21)/b18-11+. The molecule has 0 radical (unpaired) electrons. The largest absolute Gasteiger partial charge is 0.484 e. The Bertz CT molecular complexity index is 741. The molecule has 2 aromatic rings. The van der Waals surface area contributed by atoms with E-state index < -0.39 is 10.8 Å². The number of unbranched alkanes of at least 4 members (excludes halogenated alkanes) is 1. The zero-order valence-electron chi connectivity index (χ0n) is 13.8. The van der Waals surface area contributed by atoms with Gasteiger partial charge in [-0.3, -0.25) is 14.9 Å². The second-order valence-electron chi connectivity index (χ2n) is 5.26. The quantitative estimate of drug-likeness (QED) is 0.420. The van der Waals surface area contributed by atoms with Gasteiger partial charge in [-0.15, -0.1) is 0 Å². The normalized spacial score (nSPS) is 10.8. The highest BCUT2D eigenvalue weighted by Crippen LogP contribution is 2.22. The molecule has 1 aromatic carbocycles. The second-order valence-corrected chi connectivity index (χ2v) is 6.36. The fourth-order valence-electron chi connectivity index (χ4n) is 1.99. The van der Waals surface area contributed by atoms with Crippen LogP contribution in [0.2, 0.25) is 0 Å². The average Bonchev–Trinajstić information content (AvgIpc) is 3.08. The first kappa shape index (κ1) is 18.6. The smallest absolute Gasteiger partial charge is 0.324 e. The van der Waals surface area contributed by atoms with E-state index in [1.54, 1.807) is 6.07 Å². The lowest BCUT2D eigenvalue weighted by Crippen LogP contribution is -2.24. The predicted molar refractivity (Wildman–Crippen MR) is 97.3 cm³/mol. The van der Waals surface area contributed by atoms with Crippen molar-refractivity contribution in [3.8, 4) is 5.75 Å². The maximum atomic E-state index is 11.7. The van der Waals surface area contributed by atoms with Gasteiger partial charge in [-0.2, -0.15) is 5.10 Å². The van der Waals surface area contributed by atoms with E-state index in [1.165, 1.54) is 17.8 Å². The van der Waals surface area contributed by atoms with Crippen LogP contribution >= 0.6 is 11.3 Å². The van der Waals surface area contributed by atoms with Gasteiger partial charge in [0.2, 0.25) is 0 Å². The summed E-state index contributed by atoms with van der Waals surface area (Å²) in [6.45, 7) is 1.99. The number of carbonyl (C=O) groups is 1. The maximum Gasteiger partial charge on any atom is 0.324 e. The van der Waals surface area contributed by atoms with E-state index in [0.717, 1.165) is 30.6 Å². The molecule has 1 heterocycles. The number of hydrogen-bond donors (Lipinski definition) is 1. The first-order valence-electron chi connectivity index (χ1n) is 7.86. The Morgan fingerprint density at radius 1 is 1.32 bits per heavy atom. The van der Waals surface area contributed by atoms with Gasteiger partial charge in [-0.25, -0.2) is 5.43 Å². The lowest BCUT2D eigenvalue weighted by Gasteiger charge is -2.06. The van der Waals surface area contributed by atoms with Crippen molar-refractivity contribution < 1.29 is 14.5 Å². The number of hydrogen-bond acceptors (Lipinski definition) is 6. The lowest BCUT2D eigenvalue weighted by molar-refractivity contribution is -0.380. The van der Waals surface area contributed by atoms with Crippen LogP contribution in [0.1, 0.15) is 30.2 Å². The molecule has 0 aliphatic heterocycles. The van der Waals surface area contributed by atoms with Crippen molar-refractivity contribution in [2.24, 2.45) is 5.10 Å². The van der Waals surface area contributed by atoms with Crippen LogP contribution in [0.4, 0.5) is 5.00 Å². The third-order valence-electron chi connectivity index (χ3n) is 3.29. The molecule has 8 heteroatoms. The van der Waals surface area contributed by atoms with Crippen LogP contribution in [-0.2, 0) is 11.2 Å². The SMILES string of the molecule is CCCCc1ccc(OCC(=O)N/N=C/c2ccc([N+](=O)[O-])s2)cc1. The van der Waals surface area contributed by atoms with Crippen LogP contribution in [0.3, 0.4) is 0 Å². The second kappa shape index (κ2) is 9.53. The van der Waals surface area contributed by atoms with Crippen LogP contribution in [-0.4, -0.2) is 23.7 Å². The molecule has 0 fully saturated rings. The molecule has 0 bridgehead atoms. The van der Waals surface area contributed by atoms with Gasteiger partial charge in [0.05, 0.1) is 16.0 Å². The van der Waals surface area contributed by atoms with E-state index in [-0.39, 0.29) is 11.6 Å². The fraction of sp³-hybridized carbons (Fsp3) is 0.294. The topological polar surface area (TPSA) is 93.8 Å². The monoisotopic (exact) mass is 361 g/mol. The molecular formula is C17H19N3O4S. The van der Waals surface area contributed by atoms with Gasteiger partial charge in [0.1, 0.15) is 5.75 Å².